The highest BCUT2D eigenvalue weighted by molar-refractivity contribution is 7.90. The van der Waals surface area contributed by atoms with Crippen LogP contribution in [-0.4, -0.2) is 84.1 Å². The predicted octanol–water partition coefficient (Wildman–Crippen LogP) is 10.0. The Bertz CT molecular complexity index is 3700. The number of fused-ring (bicyclic) bond motifs is 2. The molecule has 0 radical (unpaired) electrons. The first-order valence-electron chi connectivity index (χ1n) is 21.6. The summed E-state index contributed by atoms with van der Waals surface area (Å²) in [6, 6.07) is 21.3. The zero-order valence-corrected chi connectivity index (χ0v) is 42.1. The minimum Gasteiger partial charge on any atom is -0.496 e. The average molecular weight is 1110 g/mol. The minimum atomic E-state index is -5.03. The number of hydrogen-bond acceptors (Lipinski definition) is 17. The van der Waals surface area contributed by atoms with Crippen LogP contribution in [0, 0.1) is 29.1 Å². The zero-order valence-electron chi connectivity index (χ0n) is 39.0. The smallest absolute Gasteiger partial charge is 0.339 e. The van der Waals surface area contributed by atoms with Crippen LogP contribution in [0.1, 0.15) is 18.5 Å². The molecule has 0 unspecified atom stereocenters. The summed E-state index contributed by atoms with van der Waals surface area (Å²) < 4.78 is 139. The van der Waals surface area contributed by atoms with Crippen molar-refractivity contribution in [3.8, 4) is 39.8 Å². The molecule has 0 amide bonds. The van der Waals surface area contributed by atoms with Crippen molar-refractivity contribution in [2.45, 2.75) is 28.4 Å². The molecule has 0 spiro atoms. The highest BCUT2D eigenvalue weighted by Crippen LogP contribution is 2.38. The zero-order chi connectivity index (χ0) is 53.9. The summed E-state index contributed by atoms with van der Waals surface area (Å²) in [6.07, 6.45) is 10.9. The largest absolute Gasteiger partial charge is 0.496 e. The van der Waals surface area contributed by atoms with Crippen molar-refractivity contribution >= 4 is 70.8 Å². The van der Waals surface area contributed by atoms with Gasteiger partial charge in [0.1, 0.15) is 47.5 Å². The van der Waals surface area contributed by atoms with E-state index in [0.29, 0.717) is 66.3 Å². The molecular weight excluding hydrogens is 1070 g/mol. The predicted molar refractivity (Wildman–Crippen MR) is 267 cm³/mol. The van der Waals surface area contributed by atoms with Gasteiger partial charge in [-0.2, -0.15) is 17.2 Å². The van der Waals surface area contributed by atoms with Crippen molar-refractivity contribution in [3.05, 3.63) is 167 Å². The molecule has 10 rings (SSSR count). The molecule has 0 saturated carbocycles. The molecule has 26 heteroatoms. The van der Waals surface area contributed by atoms with Crippen LogP contribution < -0.4 is 19.4 Å². The van der Waals surface area contributed by atoms with E-state index >= 15 is 0 Å². The number of halogens is 7. The maximum Gasteiger partial charge on any atom is 0.339 e. The van der Waals surface area contributed by atoms with Gasteiger partial charge in [-0.3, -0.25) is 0 Å². The summed E-state index contributed by atoms with van der Waals surface area (Å²) in [5.41, 5.74) is 8.44. The highest BCUT2D eigenvalue weighted by Gasteiger charge is 2.31. The number of anilines is 1. The number of rotatable bonds is 10. The first kappa shape index (κ1) is 55.0. The Kier molecular flexibility index (Phi) is 18.0. The molecule has 2 N–H and O–H groups in total. The Balaban J connectivity index is 0.000000179. The standard InChI is InChI=1S/C21H10ClF5N2O4S.C20H15ClN4O3S.C4H5N3.C4H8O/c1-32-14-6-9(22)2-4-12(14)20-11-5-3-10(7-13(11)28-8-29-20)34(30,31)33-21-18(26)16(24)15(23)17(25)19(21)27;1-28-19-8-13(21)2-4-17(19)20-16-5-3-15(9-18(16)24-12-25-20)29(26,27)10-14-6-7-22-11-23-14;5-4-1-2-6-3-7-4;1-2-4-5-3-1/h2-8H,1H3;2-9,11-12H,10H2,1H3;1-3H,(H2,5,6,7);1-4H2. The van der Waals surface area contributed by atoms with Gasteiger partial charge in [0.05, 0.1) is 53.0 Å². The average Bonchev–Trinajstić information content (AvgIpc) is 4.02. The fourth-order valence-corrected chi connectivity index (χ4v) is 9.45. The van der Waals surface area contributed by atoms with E-state index in [0.717, 1.165) is 37.2 Å². The lowest BCUT2D eigenvalue weighted by Crippen LogP contribution is -2.14. The normalized spacial score (nSPS) is 12.1. The second-order valence-electron chi connectivity index (χ2n) is 15.3. The van der Waals surface area contributed by atoms with Crippen molar-refractivity contribution in [2.24, 2.45) is 0 Å². The molecule has 5 aromatic carbocycles. The fourth-order valence-electron chi connectivity index (χ4n) is 6.88. The van der Waals surface area contributed by atoms with Gasteiger partial charge in [0.25, 0.3) is 0 Å². The molecule has 1 fully saturated rings. The van der Waals surface area contributed by atoms with Gasteiger partial charge in [0.2, 0.25) is 34.8 Å². The SMILES string of the molecule is C1CCOC1.COc1cc(Cl)ccc1-c1ncnc2cc(S(=O)(=O)Cc3ccncn3)ccc12.COc1cc(Cl)ccc1-c1ncnc2cc(S(=O)(=O)Oc3c(F)c(F)c(F)c(F)c3F)ccc12.Nc1ccncn1. The minimum absolute atomic E-state index is 0.0732. The number of methoxy groups -OCH3 is 2. The van der Waals surface area contributed by atoms with Crippen molar-refractivity contribution in [1.82, 2.24) is 39.9 Å². The van der Waals surface area contributed by atoms with Gasteiger partial charge in [-0.05, 0) is 97.8 Å². The number of nitrogens with zero attached hydrogens (tertiary/aromatic N) is 8. The van der Waals surface area contributed by atoms with E-state index in [4.69, 9.17) is 43.1 Å². The van der Waals surface area contributed by atoms with Crippen LogP contribution in [0.25, 0.3) is 44.3 Å². The number of nitrogens with two attached hydrogens (primary N) is 1. The maximum absolute atomic E-state index is 13.9. The Morgan fingerprint density at radius 2 is 1.07 bits per heavy atom. The van der Waals surface area contributed by atoms with Gasteiger partial charge in [-0.15, -0.1) is 0 Å². The van der Waals surface area contributed by atoms with Crippen LogP contribution in [0.4, 0.5) is 27.8 Å². The molecule has 9 aromatic rings. The van der Waals surface area contributed by atoms with Gasteiger partial charge in [-0.1, -0.05) is 23.2 Å². The molecule has 0 bridgehead atoms. The van der Waals surface area contributed by atoms with Crippen LogP contribution >= 0.6 is 23.2 Å². The van der Waals surface area contributed by atoms with Crippen LogP contribution in [0.15, 0.2) is 132 Å². The van der Waals surface area contributed by atoms with E-state index in [1.807, 2.05) is 6.07 Å². The molecule has 75 heavy (non-hydrogen) atoms. The van der Waals surface area contributed by atoms with Crippen molar-refractivity contribution < 1.29 is 57.2 Å². The third-order valence-electron chi connectivity index (χ3n) is 10.5. The van der Waals surface area contributed by atoms with E-state index in [-0.39, 0.29) is 16.2 Å². The summed E-state index contributed by atoms with van der Waals surface area (Å²) in [5, 5.41) is 2.01. The van der Waals surface area contributed by atoms with E-state index in [1.54, 1.807) is 74.0 Å². The summed E-state index contributed by atoms with van der Waals surface area (Å²) in [6.45, 7) is 2.00. The summed E-state index contributed by atoms with van der Waals surface area (Å²) >= 11 is 12.0. The molecule has 1 aliphatic heterocycles. The van der Waals surface area contributed by atoms with E-state index < -0.39 is 59.7 Å². The second kappa shape index (κ2) is 24.5. The molecular formula is C49H38Cl2F5N9O8S2. The van der Waals surface area contributed by atoms with Crippen LogP contribution in [0.3, 0.4) is 0 Å². The topological polar surface area (TPSA) is 234 Å². The van der Waals surface area contributed by atoms with Crippen molar-refractivity contribution in [2.75, 3.05) is 33.2 Å². The van der Waals surface area contributed by atoms with Gasteiger partial charge >= 0.3 is 10.1 Å². The highest BCUT2D eigenvalue weighted by atomic mass is 35.5. The van der Waals surface area contributed by atoms with Crippen molar-refractivity contribution in [1.29, 1.82) is 0 Å². The third-order valence-corrected chi connectivity index (χ3v) is 13.8. The molecule has 388 valence electrons. The van der Waals surface area contributed by atoms with Crippen LogP contribution in [0.5, 0.6) is 17.2 Å². The molecule has 0 aliphatic carbocycles. The van der Waals surface area contributed by atoms with Crippen molar-refractivity contribution in [3.63, 3.8) is 0 Å². The van der Waals surface area contributed by atoms with Gasteiger partial charge in [-0.25, -0.2) is 61.5 Å². The van der Waals surface area contributed by atoms with Crippen LogP contribution in [-0.2, 0) is 30.4 Å². The first-order chi connectivity index (χ1) is 35.9. The lowest BCUT2D eigenvalue weighted by molar-refractivity contribution is 0.198. The number of aromatic nitrogens is 8. The molecule has 1 aliphatic rings. The molecule has 17 nitrogen and oxygen atoms in total. The van der Waals surface area contributed by atoms with Gasteiger partial charge in [0, 0.05) is 57.6 Å². The molecule has 1 saturated heterocycles. The number of benzene rings is 5. The molecule has 5 heterocycles. The third kappa shape index (κ3) is 13.3. The Morgan fingerprint density at radius 3 is 1.51 bits per heavy atom. The number of ether oxygens (including phenoxy) is 3. The Morgan fingerprint density at radius 1 is 0.573 bits per heavy atom. The second-order valence-corrected chi connectivity index (χ2v) is 19.8. The maximum atomic E-state index is 13.9. The lowest BCUT2D eigenvalue weighted by atomic mass is 10.1. The van der Waals surface area contributed by atoms with E-state index in [9.17, 15) is 38.8 Å². The van der Waals surface area contributed by atoms with E-state index in [1.165, 1.54) is 51.2 Å². The van der Waals surface area contributed by atoms with Gasteiger partial charge < -0.3 is 24.1 Å². The van der Waals surface area contributed by atoms with Gasteiger partial charge in [0.15, 0.2) is 9.84 Å². The van der Waals surface area contributed by atoms with Crippen LogP contribution in [0.2, 0.25) is 10.0 Å². The molecule has 4 aromatic heterocycles. The fraction of sp³-hybridized carbons (Fsp3) is 0.143. The van der Waals surface area contributed by atoms with E-state index in [2.05, 4.69) is 44.1 Å². The molecule has 0 atom stereocenters. The Labute approximate surface area is 434 Å². The quantitative estimate of drug-likeness (QED) is 0.0580. The number of sulfone groups is 1. The Hall–Kier alpha value is -7.77. The lowest BCUT2D eigenvalue weighted by Gasteiger charge is -2.12. The monoisotopic (exact) mass is 1110 g/mol. The number of hydrogen-bond donors (Lipinski definition) is 1. The summed E-state index contributed by atoms with van der Waals surface area (Å²) in [5.74, 6) is -12.7. The number of nitrogen functional groups attached to an aromatic ring is 1. The summed E-state index contributed by atoms with van der Waals surface area (Å²) in [7, 11) is -5.66. The first-order valence-corrected chi connectivity index (χ1v) is 25.4. The summed E-state index contributed by atoms with van der Waals surface area (Å²) in [4.78, 5) is 31.4.